The van der Waals surface area contributed by atoms with Gasteiger partial charge in [-0.05, 0) is 22.6 Å². The lowest BCUT2D eigenvalue weighted by molar-refractivity contribution is 0.993. The largest absolute Gasteiger partial charge is 0.347 e. The van der Waals surface area contributed by atoms with Gasteiger partial charge in [0.2, 0.25) is 5.95 Å². The van der Waals surface area contributed by atoms with Crippen LogP contribution in [-0.4, -0.2) is 24.1 Å². The zero-order chi connectivity index (χ0) is 7.56. The minimum atomic E-state index is 0.750. The van der Waals surface area contributed by atoms with Crippen molar-refractivity contribution in [3.63, 3.8) is 0 Å². The van der Waals surface area contributed by atoms with Crippen LogP contribution in [0, 0.1) is 3.57 Å². The molecule has 1 heterocycles. The molecule has 1 aromatic rings. The Kier molecular flexibility index (Phi) is 2.42. The van der Waals surface area contributed by atoms with Crippen LogP contribution in [0.5, 0.6) is 0 Å². The fourth-order valence-corrected chi connectivity index (χ4v) is 0.815. The summed E-state index contributed by atoms with van der Waals surface area (Å²) in [4.78, 5) is 10.0. The molecule has 0 spiro atoms. The van der Waals surface area contributed by atoms with Crippen LogP contribution >= 0.6 is 22.6 Å². The molecule has 0 aliphatic heterocycles. The Morgan fingerprint density at radius 3 is 2.20 bits per heavy atom. The van der Waals surface area contributed by atoms with Crippen LogP contribution < -0.4 is 4.90 Å². The van der Waals surface area contributed by atoms with E-state index in [0.717, 1.165) is 9.52 Å². The van der Waals surface area contributed by atoms with Crippen molar-refractivity contribution in [3.8, 4) is 0 Å². The molecule has 0 aromatic carbocycles. The van der Waals surface area contributed by atoms with E-state index in [1.807, 2.05) is 19.0 Å². The van der Waals surface area contributed by atoms with Gasteiger partial charge < -0.3 is 4.90 Å². The Labute approximate surface area is 73.6 Å². The monoisotopic (exact) mass is 249 g/mol. The highest BCUT2D eigenvalue weighted by molar-refractivity contribution is 14.1. The van der Waals surface area contributed by atoms with Crippen molar-refractivity contribution in [2.24, 2.45) is 0 Å². The highest BCUT2D eigenvalue weighted by Gasteiger charge is 1.95. The third-order valence-corrected chi connectivity index (χ3v) is 1.56. The van der Waals surface area contributed by atoms with E-state index < -0.39 is 0 Å². The number of aromatic nitrogens is 2. The van der Waals surface area contributed by atoms with Gasteiger partial charge in [-0.25, -0.2) is 9.97 Å². The molecule has 0 aliphatic rings. The van der Waals surface area contributed by atoms with Gasteiger partial charge >= 0.3 is 0 Å². The second-order valence-corrected chi connectivity index (χ2v) is 3.34. The first-order valence-electron chi connectivity index (χ1n) is 2.85. The molecule has 3 nitrogen and oxygen atoms in total. The summed E-state index contributed by atoms with van der Waals surface area (Å²) in [6.45, 7) is 0. The molecule has 0 N–H and O–H groups in total. The van der Waals surface area contributed by atoms with Gasteiger partial charge in [-0.15, -0.1) is 0 Å². The van der Waals surface area contributed by atoms with Crippen LogP contribution in [0.3, 0.4) is 0 Å². The standard InChI is InChI=1S/C6H8IN3/c1-10(2)6-8-3-5(7)4-9-6/h3-4H,1-2H3. The number of hydrogen-bond donors (Lipinski definition) is 0. The molecule has 0 amide bonds. The molecule has 0 radical (unpaired) electrons. The van der Waals surface area contributed by atoms with Crippen LogP contribution in [0.25, 0.3) is 0 Å². The van der Waals surface area contributed by atoms with Crippen molar-refractivity contribution in [2.75, 3.05) is 19.0 Å². The fraction of sp³-hybridized carbons (Fsp3) is 0.333. The molecule has 0 saturated carbocycles. The Balaban J connectivity index is 2.89. The van der Waals surface area contributed by atoms with Gasteiger partial charge in [0.25, 0.3) is 0 Å². The summed E-state index contributed by atoms with van der Waals surface area (Å²) in [5.74, 6) is 0.750. The predicted octanol–water partition coefficient (Wildman–Crippen LogP) is 1.15. The first-order chi connectivity index (χ1) is 4.70. The maximum atomic E-state index is 4.09. The molecular formula is C6H8IN3. The Morgan fingerprint density at radius 1 is 1.30 bits per heavy atom. The minimum Gasteiger partial charge on any atom is -0.347 e. The van der Waals surface area contributed by atoms with E-state index in [1.54, 1.807) is 12.4 Å². The quantitative estimate of drug-likeness (QED) is 0.699. The van der Waals surface area contributed by atoms with Crippen molar-refractivity contribution in [1.82, 2.24) is 9.97 Å². The molecular weight excluding hydrogens is 241 g/mol. The third kappa shape index (κ3) is 1.80. The minimum absolute atomic E-state index is 0.750. The van der Waals surface area contributed by atoms with E-state index in [1.165, 1.54) is 0 Å². The lowest BCUT2D eigenvalue weighted by Crippen LogP contribution is -2.12. The fourth-order valence-electron chi connectivity index (χ4n) is 0.536. The number of halogens is 1. The molecule has 1 rings (SSSR count). The van der Waals surface area contributed by atoms with Crippen molar-refractivity contribution in [1.29, 1.82) is 0 Å². The average molecular weight is 249 g/mol. The van der Waals surface area contributed by atoms with E-state index in [-0.39, 0.29) is 0 Å². The van der Waals surface area contributed by atoms with E-state index >= 15 is 0 Å². The van der Waals surface area contributed by atoms with Gasteiger partial charge in [-0.2, -0.15) is 0 Å². The Bertz CT molecular complexity index is 207. The van der Waals surface area contributed by atoms with Gasteiger partial charge in [0, 0.05) is 30.1 Å². The molecule has 54 valence electrons. The first-order valence-corrected chi connectivity index (χ1v) is 3.93. The van der Waals surface area contributed by atoms with Gasteiger partial charge in [-0.3, -0.25) is 0 Å². The van der Waals surface area contributed by atoms with E-state index in [2.05, 4.69) is 32.6 Å². The maximum Gasteiger partial charge on any atom is 0.224 e. The van der Waals surface area contributed by atoms with E-state index in [0.29, 0.717) is 0 Å². The van der Waals surface area contributed by atoms with Crippen LogP contribution in [0.15, 0.2) is 12.4 Å². The van der Waals surface area contributed by atoms with Crippen LogP contribution in [-0.2, 0) is 0 Å². The lowest BCUT2D eigenvalue weighted by Gasteiger charge is -2.07. The Morgan fingerprint density at radius 2 is 1.80 bits per heavy atom. The number of anilines is 1. The zero-order valence-corrected chi connectivity index (χ0v) is 8.03. The third-order valence-electron chi connectivity index (χ3n) is 1.01. The lowest BCUT2D eigenvalue weighted by atomic mass is 10.6. The molecule has 1 aromatic heterocycles. The van der Waals surface area contributed by atoms with E-state index in [4.69, 9.17) is 0 Å². The molecule has 0 fully saturated rings. The highest BCUT2D eigenvalue weighted by atomic mass is 127. The van der Waals surface area contributed by atoms with Crippen molar-refractivity contribution >= 4 is 28.5 Å². The van der Waals surface area contributed by atoms with E-state index in [9.17, 15) is 0 Å². The summed E-state index contributed by atoms with van der Waals surface area (Å²) < 4.78 is 1.06. The smallest absolute Gasteiger partial charge is 0.224 e. The maximum absolute atomic E-state index is 4.09. The van der Waals surface area contributed by atoms with Crippen molar-refractivity contribution < 1.29 is 0 Å². The topological polar surface area (TPSA) is 29.0 Å². The summed E-state index contributed by atoms with van der Waals surface area (Å²) in [5.41, 5.74) is 0. The van der Waals surface area contributed by atoms with Gasteiger partial charge in [-0.1, -0.05) is 0 Å². The van der Waals surface area contributed by atoms with Crippen LogP contribution in [0.4, 0.5) is 5.95 Å². The molecule has 0 atom stereocenters. The van der Waals surface area contributed by atoms with Gasteiger partial charge in [0.05, 0.1) is 0 Å². The Hall–Kier alpha value is -0.390. The number of hydrogen-bond acceptors (Lipinski definition) is 3. The summed E-state index contributed by atoms with van der Waals surface area (Å²) in [6.07, 6.45) is 3.59. The van der Waals surface area contributed by atoms with Crippen LogP contribution in [0.1, 0.15) is 0 Å². The summed E-state index contributed by atoms with van der Waals surface area (Å²) in [6, 6.07) is 0. The second-order valence-electron chi connectivity index (χ2n) is 2.10. The van der Waals surface area contributed by atoms with Crippen molar-refractivity contribution in [3.05, 3.63) is 16.0 Å². The van der Waals surface area contributed by atoms with Gasteiger partial charge in [0.1, 0.15) is 0 Å². The molecule has 0 unspecified atom stereocenters. The first kappa shape index (κ1) is 7.71. The second kappa shape index (κ2) is 3.14. The highest BCUT2D eigenvalue weighted by Crippen LogP contribution is 2.04. The normalized spacial score (nSPS) is 9.50. The van der Waals surface area contributed by atoms with Gasteiger partial charge in [0.15, 0.2) is 0 Å². The average Bonchev–Trinajstić information content (AvgIpc) is 1.88. The SMILES string of the molecule is CN(C)c1ncc(I)cn1. The summed E-state index contributed by atoms with van der Waals surface area (Å²) in [7, 11) is 3.84. The van der Waals surface area contributed by atoms with Crippen molar-refractivity contribution in [2.45, 2.75) is 0 Å². The zero-order valence-electron chi connectivity index (χ0n) is 5.87. The molecule has 0 aliphatic carbocycles. The number of nitrogens with zero attached hydrogens (tertiary/aromatic N) is 3. The molecule has 0 bridgehead atoms. The predicted molar refractivity (Wildman–Crippen MR) is 49.1 cm³/mol. The summed E-state index contributed by atoms with van der Waals surface area (Å²) >= 11 is 2.18. The van der Waals surface area contributed by atoms with Crippen LogP contribution in [0.2, 0.25) is 0 Å². The number of rotatable bonds is 1. The molecule has 10 heavy (non-hydrogen) atoms. The molecule has 4 heteroatoms. The molecule has 0 saturated heterocycles. The summed E-state index contributed by atoms with van der Waals surface area (Å²) in [5, 5.41) is 0.